The fourth-order valence-corrected chi connectivity index (χ4v) is 3.76. The van der Waals surface area contributed by atoms with E-state index < -0.39 is 5.97 Å². The predicted molar refractivity (Wildman–Crippen MR) is 113 cm³/mol. The third-order valence-corrected chi connectivity index (χ3v) is 5.33. The van der Waals surface area contributed by atoms with E-state index in [1.165, 1.54) is 20.3 Å². The summed E-state index contributed by atoms with van der Waals surface area (Å²) >= 11 is 0. The Morgan fingerprint density at radius 1 is 1.21 bits per heavy atom. The summed E-state index contributed by atoms with van der Waals surface area (Å²) in [5.41, 5.74) is 0.571. The Bertz CT molecular complexity index is 610. The number of likely N-dealkylation sites (tertiary alicyclic amines) is 1. The highest BCUT2D eigenvalue weighted by molar-refractivity contribution is 5.85. The van der Waals surface area contributed by atoms with Crippen LogP contribution in [0, 0.1) is 17.7 Å². The van der Waals surface area contributed by atoms with Crippen LogP contribution in [0.25, 0.3) is 0 Å². The molecule has 1 aromatic carbocycles. The zero-order valence-electron chi connectivity index (χ0n) is 16.8. The number of unbranched alkanes of at least 4 members (excludes halogenated alkanes) is 1. The third-order valence-electron chi connectivity index (χ3n) is 5.33. The number of rotatable bonds is 9. The first-order valence-corrected chi connectivity index (χ1v) is 9.35. The molecule has 0 aliphatic carbocycles. The fraction of sp³-hybridized carbons (Fsp3) is 0.650. The number of ether oxygens (including phenoxy) is 2. The number of carboxylic acid groups (broad SMARTS) is 1. The lowest BCUT2D eigenvalue weighted by atomic mass is 9.81. The summed E-state index contributed by atoms with van der Waals surface area (Å²) in [6.07, 6.45) is 4.40. The van der Waals surface area contributed by atoms with Gasteiger partial charge in [-0.05, 0) is 44.3 Å². The molecular formula is C20H32Cl2FNO4. The first kappa shape index (κ1) is 26.8. The van der Waals surface area contributed by atoms with E-state index in [1.54, 1.807) is 6.07 Å². The molecule has 1 aliphatic rings. The minimum absolute atomic E-state index is 0. The third kappa shape index (κ3) is 6.98. The number of halogens is 3. The van der Waals surface area contributed by atoms with Gasteiger partial charge in [-0.15, -0.1) is 24.8 Å². The fourth-order valence-electron chi connectivity index (χ4n) is 3.76. The molecule has 0 spiro atoms. The number of aliphatic carboxylic acids is 1. The zero-order chi connectivity index (χ0) is 19.1. The molecule has 1 saturated heterocycles. The normalized spacial score (nSPS) is 15.9. The molecule has 1 aromatic rings. The molecule has 1 N–H and O–H groups in total. The first-order valence-electron chi connectivity index (χ1n) is 9.35. The smallest absolute Gasteiger partial charge is 0.306 e. The summed E-state index contributed by atoms with van der Waals surface area (Å²) < 4.78 is 24.7. The van der Waals surface area contributed by atoms with Gasteiger partial charge >= 0.3 is 5.97 Å². The quantitative estimate of drug-likeness (QED) is 0.599. The molecule has 8 heteroatoms. The van der Waals surface area contributed by atoms with E-state index in [4.69, 9.17) is 9.47 Å². The molecule has 0 aromatic heterocycles. The van der Waals surface area contributed by atoms with Crippen LogP contribution < -0.4 is 9.47 Å². The second-order valence-electron chi connectivity index (χ2n) is 7.00. The number of hydrogen-bond acceptors (Lipinski definition) is 4. The van der Waals surface area contributed by atoms with Crippen molar-refractivity contribution in [3.8, 4) is 11.5 Å². The summed E-state index contributed by atoms with van der Waals surface area (Å²) in [6.45, 7) is 4.15. The Hall–Kier alpha value is -1.24. The van der Waals surface area contributed by atoms with Crippen LogP contribution in [0.3, 0.4) is 0 Å². The predicted octanol–water partition coefficient (Wildman–Crippen LogP) is 4.79. The number of carboxylic acids is 1. The molecule has 1 unspecified atom stereocenters. The number of carbonyl (C=O) groups is 1. The first-order chi connectivity index (χ1) is 12.5. The average Bonchev–Trinajstić information content (AvgIpc) is 2.64. The Kier molecular flexibility index (Phi) is 12.5. The summed E-state index contributed by atoms with van der Waals surface area (Å²) in [5, 5.41) is 9.51. The van der Waals surface area contributed by atoms with Crippen molar-refractivity contribution in [2.75, 3.05) is 27.3 Å². The Balaban J connectivity index is 0.00000364. The number of methoxy groups -OCH3 is 2. The van der Waals surface area contributed by atoms with Crippen LogP contribution in [0.4, 0.5) is 4.39 Å². The van der Waals surface area contributed by atoms with E-state index in [0.29, 0.717) is 23.6 Å². The lowest BCUT2D eigenvalue weighted by Crippen LogP contribution is -2.37. The number of nitrogens with zero attached hydrogens (tertiary/aromatic N) is 1. The minimum Gasteiger partial charge on any atom is -0.493 e. The largest absolute Gasteiger partial charge is 0.493 e. The minimum atomic E-state index is -0.678. The zero-order valence-corrected chi connectivity index (χ0v) is 18.4. The van der Waals surface area contributed by atoms with Gasteiger partial charge in [0.2, 0.25) is 0 Å². The standard InChI is InChI=1S/C20H30FNO4.2ClH/c1-4-5-6-16(20(23)24)14-7-9-22(10-8-14)13-15-11-18(25-2)19(26-3)12-17(15)21;;/h11-12,14,16H,4-10,13H2,1-3H3,(H,23,24);2*1H. The van der Waals surface area contributed by atoms with E-state index >= 15 is 0 Å². The van der Waals surface area contributed by atoms with Gasteiger partial charge in [-0.1, -0.05) is 19.8 Å². The topological polar surface area (TPSA) is 59.0 Å². The average molecular weight is 440 g/mol. The van der Waals surface area contributed by atoms with Crippen molar-refractivity contribution in [3.63, 3.8) is 0 Å². The van der Waals surface area contributed by atoms with Crippen molar-refractivity contribution >= 4 is 30.8 Å². The monoisotopic (exact) mass is 439 g/mol. The Labute approximate surface area is 179 Å². The van der Waals surface area contributed by atoms with Crippen molar-refractivity contribution in [3.05, 3.63) is 23.5 Å². The van der Waals surface area contributed by atoms with E-state index in [2.05, 4.69) is 11.8 Å². The lowest BCUT2D eigenvalue weighted by molar-refractivity contribution is -0.144. The lowest BCUT2D eigenvalue weighted by Gasteiger charge is -2.34. The Morgan fingerprint density at radius 3 is 2.29 bits per heavy atom. The van der Waals surface area contributed by atoms with Crippen molar-refractivity contribution in [2.24, 2.45) is 11.8 Å². The molecule has 0 amide bonds. The number of hydrogen-bond donors (Lipinski definition) is 1. The maximum atomic E-state index is 14.3. The van der Waals surface area contributed by atoms with Crippen LogP contribution in [0.15, 0.2) is 12.1 Å². The highest BCUT2D eigenvalue weighted by Gasteiger charge is 2.31. The van der Waals surface area contributed by atoms with Gasteiger partial charge < -0.3 is 14.6 Å². The van der Waals surface area contributed by atoms with Gasteiger partial charge in [0.15, 0.2) is 11.5 Å². The molecule has 162 valence electrons. The molecule has 1 atom stereocenters. The van der Waals surface area contributed by atoms with Gasteiger partial charge in [-0.2, -0.15) is 0 Å². The van der Waals surface area contributed by atoms with E-state index in [9.17, 15) is 14.3 Å². The summed E-state index contributed by atoms with van der Waals surface area (Å²) in [5.74, 6) is -0.128. The van der Waals surface area contributed by atoms with Crippen LogP contribution >= 0.6 is 24.8 Å². The molecular weight excluding hydrogens is 408 g/mol. The van der Waals surface area contributed by atoms with E-state index in [-0.39, 0.29) is 42.5 Å². The maximum Gasteiger partial charge on any atom is 0.306 e. The van der Waals surface area contributed by atoms with Crippen LogP contribution in [0.1, 0.15) is 44.6 Å². The van der Waals surface area contributed by atoms with Crippen LogP contribution in [0.2, 0.25) is 0 Å². The molecule has 1 fully saturated rings. The van der Waals surface area contributed by atoms with Gasteiger partial charge in [0.1, 0.15) is 5.82 Å². The summed E-state index contributed by atoms with van der Waals surface area (Å²) in [6, 6.07) is 3.04. The highest BCUT2D eigenvalue weighted by atomic mass is 35.5. The van der Waals surface area contributed by atoms with Crippen molar-refractivity contribution in [1.82, 2.24) is 4.90 Å². The summed E-state index contributed by atoms with van der Waals surface area (Å²) in [4.78, 5) is 13.7. The maximum absolute atomic E-state index is 14.3. The van der Waals surface area contributed by atoms with Gasteiger partial charge in [0.05, 0.1) is 20.1 Å². The molecule has 0 saturated carbocycles. The van der Waals surface area contributed by atoms with E-state index in [0.717, 1.165) is 45.2 Å². The van der Waals surface area contributed by atoms with Gasteiger partial charge in [-0.3, -0.25) is 9.69 Å². The van der Waals surface area contributed by atoms with Gasteiger partial charge in [0.25, 0.3) is 0 Å². The summed E-state index contributed by atoms with van der Waals surface area (Å²) in [7, 11) is 3.02. The molecule has 0 radical (unpaired) electrons. The van der Waals surface area contributed by atoms with E-state index in [1.807, 2.05) is 0 Å². The van der Waals surface area contributed by atoms with Gasteiger partial charge in [-0.25, -0.2) is 4.39 Å². The van der Waals surface area contributed by atoms with Crippen molar-refractivity contribution in [1.29, 1.82) is 0 Å². The Morgan fingerprint density at radius 2 is 1.79 bits per heavy atom. The molecule has 1 heterocycles. The molecule has 28 heavy (non-hydrogen) atoms. The molecule has 0 bridgehead atoms. The second-order valence-corrected chi connectivity index (χ2v) is 7.00. The van der Waals surface area contributed by atoms with Crippen LogP contribution in [-0.4, -0.2) is 43.3 Å². The second kappa shape index (κ2) is 13.1. The molecule has 5 nitrogen and oxygen atoms in total. The number of piperidine rings is 1. The van der Waals surface area contributed by atoms with Crippen molar-refractivity contribution in [2.45, 2.75) is 45.6 Å². The van der Waals surface area contributed by atoms with Gasteiger partial charge in [0, 0.05) is 18.2 Å². The van der Waals surface area contributed by atoms with Crippen LogP contribution in [0.5, 0.6) is 11.5 Å². The van der Waals surface area contributed by atoms with Crippen molar-refractivity contribution < 1.29 is 23.8 Å². The molecule has 1 aliphatic heterocycles. The van der Waals surface area contributed by atoms with Crippen LogP contribution in [-0.2, 0) is 11.3 Å². The molecule has 2 rings (SSSR count). The highest BCUT2D eigenvalue weighted by Crippen LogP contribution is 2.32. The SMILES string of the molecule is CCCCC(C(=O)O)C1CCN(Cc2cc(OC)c(OC)cc2F)CC1.Cl.Cl. The number of benzene rings is 1.